The van der Waals surface area contributed by atoms with Crippen LogP contribution in [0.15, 0.2) is 34.8 Å². The topological polar surface area (TPSA) is 35.8 Å². The fourth-order valence-corrected chi connectivity index (χ4v) is 1.51. The van der Waals surface area contributed by atoms with Gasteiger partial charge < -0.3 is 5.32 Å². The monoisotopic (exact) mass is 284 g/mol. The first-order valence-corrected chi connectivity index (χ1v) is 5.48. The van der Waals surface area contributed by atoms with Crippen molar-refractivity contribution >= 4 is 33.2 Å². The molecule has 0 aromatic heterocycles. The molecule has 1 atom stereocenters. The Morgan fingerprint density at radius 3 is 2.80 bits per heavy atom. The standard InChI is InChI=1S/C11H10BrClN2/c1-7(2)11(6-14)15-8-3-4-10(13)9(12)5-8/h3-5,11,15H,1H2,2H3. The lowest BCUT2D eigenvalue weighted by Gasteiger charge is -2.13. The molecule has 78 valence electrons. The van der Waals surface area contributed by atoms with E-state index in [1.807, 2.05) is 19.1 Å². The summed E-state index contributed by atoms with van der Waals surface area (Å²) in [5.74, 6) is 0. The molecule has 0 heterocycles. The number of hydrogen-bond acceptors (Lipinski definition) is 2. The Morgan fingerprint density at radius 2 is 2.33 bits per heavy atom. The molecular weight excluding hydrogens is 275 g/mol. The van der Waals surface area contributed by atoms with Crippen LogP contribution in [0.25, 0.3) is 0 Å². The van der Waals surface area contributed by atoms with E-state index in [4.69, 9.17) is 16.9 Å². The summed E-state index contributed by atoms with van der Waals surface area (Å²) >= 11 is 9.17. The van der Waals surface area contributed by atoms with Crippen molar-refractivity contribution in [2.75, 3.05) is 5.32 Å². The highest BCUT2D eigenvalue weighted by atomic mass is 79.9. The normalized spacial score (nSPS) is 11.6. The first-order chi connectivity index (χ1) is 7.04. The zero-order valence-electron chi connectivity index (χ0n) is 8.22. The van der Waals surface area contributed by atoms with Crippen LogP contribution >= 0.6 is 27.5 Å². The van der Waals surface area contributed by atoms with Gasteiger partial charge in [0.2, 0.25) is 0 Å². The zero-order valence-corrected chi connectivity index (χ0v) is 10.6. The minimum Gasteiger partial charge on any atom is -0.366 e. The molecular formula is C11H10BrClN2. The van der Waals surface area contributed by atoms with Crippen molar-refractivity contribution in [3.05, 3.63) is 39.8 Å². The van der Waals surface area contributed by atoms with Crippen molar-refractivity contribution in [1.82, 2.24) is 0 Å². The van der Waals surface area contributed by atoms with Gasteiger partial charge in [0.1, 0.15) is 6.04 Å². The number of anilines is 1. The van der Waals surface area contributed by atoms with Crippen LogP contribution in [0.3, 0.4) is 0 Å². The van der Waals surface area contributed by atoms with Crippen LogP contribution in [-0.4, -0.2) is 6.04 Å². The predicted octanol–water partition coefficient (Wildman–Crippen LogP) is 3.98. The molecule has 0 radical (unpaired) electrons. The molecule has 1 N–H and O–H groups in total. The molecule has 2 nitrogen and oxygen atoms in total. The third kappa shape index (κ3) is 3.26. The Balaban J connectivity index is 2.86. The van der Waals surface area contributed by atoms with E-state index < -0.39 is 0 Å². The number of nitrogens with one attached hydrogen (secondary N) is 1. The van der Waals surface area contributed by atoms with Gasteiger partial charge in [0, 0.05) is 10.2 Å². The van der Waals surface area contributed by atoms with Crippen LogP contribution in [0.1, 0.15) is 6.92 Å². The first-order valence-electron chi connectivity index (χ1n) is 4.31. The second-order valence-electron chi connectivity index (χ2n) is 3.18. The van der Waals surface area contributed by atoms with Gasteiger partial charge in [0.05, 0.1) is 11.1 Å². The Hall–Kier alpha value is -0.980. The molecule has 0 bridgehead atoms. The Kier molecular flexibility index (Phi) is 4.19. The second kappa shape index (κ2) is 5.20. The van der Waals surface area contributed by atoms with Crippen molar-refractivity contribution in [2.45, 2.75) is 13.0 Å². The molecule has 1 unspecified atom stereocenters. The van der Waals surface area contributed by atoms with E-state index in [9.17, 15) is 0 Å². The van der Waals surface area contributed by atoms with E-state index in [1.54, 1.807) is 6.07 Å². The van der Waals surface area contributed by atoms with E-state index in [2.05, 4.69) is 33.9 Å². The number of halogens is 2. The van der Waals surface area contributed by atoms with E-state index >= 15 is 0 Å². The summed E-state index contributed by atoms with van der Waals surface area (Å²) in [6.07, 6.45) is 0. The van der Waals surface area contributed by atoms with Crippen LogP contribution in [-0.2, 0) is 0 Å². The van der Waals surface area contributed by atoms with Crippen LogP contribution in [0, 0.1) is 11.3 Å². The molecule has 0 saturated carbocycles. The van der Waals surface area contributed by atoms with Crippen LogP contribution in [0.2, 0.25) is 5.02 Å². The molecule has 0 aliphatic rings. The SMILES string of the molecule is C=C(C)C(C#N)Nc1ccc(Cl)c(Br)c1. The van der Waals surface area contributed by atoms with Crippen LogP contribution in [0.5, 0.6) is 0 Å². The second-order valence-corrected chi connectivity index (χ2v) is 4.44. The summed E-state index contributed by atoms with van der Waals surface area (Å²) < 4.78 is 0.799. The van der Waals surface area contributed by atoms with E-state index in [-0.39, 0.29) is 6.04 Å². The quantitative estimate of drug-likeness (QED) is 0.853. The lowest BCUT2D eigenvalue weighted by atomic mass is 10.1. The van der Waals surface area contributed by atoms with Crippen LogP contribution < -0.4 is 5.32 Å². The average Bonchev–Trinajstić information content (AvgIpc) is 2.19. The number of nitrogens with zero attached hydrogens (tertiary/aromatic N) is 1. The maximum Gasteiger partial charge on any atom is 0.135 e. The Morgan fingerprint density at radius 1 is 1.67 bits per heavy atom. The fraction of sp³-hybridized carbons (Fsp3) is 0.182. The van der Waals surface area contributed by atoms with Gasteiger partial charge >= 0.3 is 0 Å². The summed E-state index contributed by atoms with van der Waals surface area (Å²) in [5, 5.41) is 12.6. The predicted molar refractivity (Wildman–Crippen MR) is 67.0 cm³/mol. The van der Waals surface area contributed by atoms with E-state index in [0.29, 0.717) is 5.02 Å². The van der Waals surface area contributed by atoms with Gasteiger partial charge in [0.25, 0.3) is 0 Å². The molecule has 4 heteroatoms. The molecule has 1 aromatic rings. The maximum atomic E-state index is 8.87. The number of hydrogen-bond donors (Lipinski definition) is 1. The minimum atomic E-state index is -0.377. The summed E-state index contributed by atoms with van der Waals surface area (Å²) in [6, 6.07) is 7.16. The van der Waals surface area contributed by atoms with Crippen molar-refractivity contribution in [1.29, 1.82) is 5.26 Å². The van der Waals surface area contributed by atoms with Gasteiger partial charge in [-0.3, -0.25) is 0 Å². The van der Waals surface area contributed by atoms with Gasteiger partial charge in [-0.15, -0.1) is 0 Å². The highest BCUT2D eigenvalue weighted by Crippen LogP contribution is 2.26. The minimum absolute atomic E-state index is 0.377. The highest BCUT2D eigenvalue weighted by Gasteiger charge is 2.07. The largest absolute Gasteiger partial charge is 0.366 e. The summed E-state index contributed by atoms with van der Waals surface area (Å²) in [5.41, 5.74) is 1.62. The van der Waals surface area contributed by atoms with Gasteiger partial charge in [-0.05, 0) is 46.6 Å². The molecule has 0 saturated heterocycles. The molecule has 15 heavy (non-hydrogen) atoms. The van der Waals surface area contributed by atoms with Crippen molar-refractivity contribution in [3.8, 4) is 6.07 Å². The third-order valence-corrected chi connectivity index (χ3v) is 3.07. The highest BCUT2D eigenvalue weighted by molar-refractivity contribution is 9.10. The summed E-state index contributed by atoms with van der Waals surface area (Å²) in [4.78, 5) is 0. The van der Waals surface area contributed by atoms with Gasteiger partial charge in [0.15, 0.2) is 0 Å². The lowest BCUT2D eigenvalue weighted by molar-refractivity contribution is 1.03. The van der Waals surface area contributed by atoms with Gasteiger partial charge in [-0.25, -0.2) is 0 Å². The van der Waals surface area contributed by atoms with Crippen LogP contribution in [0.4, 0.5) is 5.69 Å². The molecule has 1 rings (SSSR count). The zero-order chi connectivity index (χ0) is 11.4. The molecule has 0 aliphatic carbocycles. The summed E-state index contributed by atoms with van der Waals surface area (Å²) in [7, 11) is 0. The first kappa shape index (κ1) is 12.1. The lowest BCUT2D eigenvalue weighted by Crippen LogP contribution is -2.17. The smallest absolute Gasteiger partial charge is 0.135 e. The van der Waals surface area contributed by atoms with Gasteiger partial charge in [-0.1, -0.05) is 18.2 Å². The van der Waals surface area contributed by atoms with Crippen molar-refractivity contribution < 1.29 is 0 Å². The Labute approximate surface area is 103 Å². The van der Waals surface area contributed by atoms with E-state index in [1.165, 1.54) is 0 Å². The molecule has 0 aliphatic heterocycles. The number of nitriles is 1. The van der Waals surface area contributed by atoms with Gasteiger partial charge in [-0.2, -0.15) is 5.26 Å². The molecule has 0 spiro atoms. The third-order valence-electron chi connectivity index (χ3n) is 1.85. The number of benzene rings is 1. The average molecular weight is 286 g/mol. The molecule has 0 fully saturated rings. The molecule has 0 amide bonds. The van der Waals surface area contributed by atoms with Crippen molar-refractivity contribution in [3.63, 3.8) is 0 Å². The van der Waals surface area contributed by atoms with E-state index in [0.717, 1.165) is 15.7 Å². The van der Waals surface area contributed by atoms with Crippen molar-refractivity contribution in [2.24, 2.45) is 0 Å². The maximum absolute atomic E-state index is 8.87. The fourth-order valence-electron chi connectivity index (χ4n) is 1.02. The number of rotatable bonds is 3. The molecule has 1 aromatic carbocycles. The Bertz CT molecular complexity index is 423. The summed E-state index contributed by atoms with van der Waals surface area (Å²) in [6.45, 7) is 5.55.